The molecular formula is C14H17N3O7S. The molecule has 11 heteroatoms. The summed E-state index contributed by atoms with van der Waals surface area (Å²) in [6.07, 6.45) is 0.932. The van der Waals surface area contributed by atoms with Crippen molar-refractivity contribution in [3.8, 4) is 5.75 Å². The minimum absolute atomic E-state index is 0.0351. The van der Waals surface area contributed by atoms with E-state index in [9.17, 15) is 18.0 Å². The smallest absolute Gasteiger partial charge is 0.415 e. The Labute approximate surface area is 144 Å². The summed E-state index contributed by atoms with van der Waals surface area (Å²) in [7, 11) is -3.47. The monoisotopic (exact) mass is 371 g/mol. The Morgan fingerprint density at radius 1 is 1.40 bits per heavy atom. The number of hydrogen-bond donors (Lipinski definition) is 1. The van der Waals surface area contributed by atoms with Gasteiger partial charge in [-0.1, -0.05) is 0 Å². The minimum Gasteiger partial charge on any atom is -0.480 e. The lowest BCUT2D eigenvalue weighted by atomic mass is 10.2. The number of hydrogen-bond acceptors (Lipinski definition) is 8. The van der Waals surface area contributed by atoms with Crippen molar-refractivity contribution in [2.45, 2.75) is 18.9 Å². The number of nitrogens with one attached hydrogen (secondary N) is 1. The van der Waals surface area contributed by atoms with Gasteiger partial charge in [0, 0.05) is 0 Å². The van der Waals surface area contributed by atoms with Gasteiger partial charge < -0.3 is 14.8 Å². The van der Waals surface area contributed by atoms with Gasteiger partial charge in [-0.2, -0.15) is 8.42 Å². The van der Waals surface area contributed by atoms with Crippen molar-refractivity contribution in [2.75, 3.05) is 36.2 Å². The van der Waals surface area contributed by atoms with Gasteiger partial charge in [0.15, 0.2) is 18.2 Å². The summed E-state index contributed by atoms with van der Waals surface area (Å²) in [5.74, 6) is 0.714. The fraction of sp³-hybridized carbons (Fsp3) is 0.500. The lowest BCUT2D eigenvalue weighted by Gasteiger charge is -2.19. The van der Waals surface area contributed by atoms with E-state index in [1.807, 2.05) is 0 Å². The molecule has 0 saturated carbocycles. The van der Waals surface area contributed by atoms with Crippen LogP contribution in [0.15, 0.2) is 12.1 Å². The average molecular weight is 371 g/mol. The highest BCUT2D eigenvalue weighted by atomic mass is 32.2. The second-order valence-electron chi connectivity index (χ2n) is 5.64. The van der Waals surface area contributed by atoms with Gasteiger partial charge in [0.05, 0.1) is 19.4 Å². The van der Waals surface area contributed by atoms with Crippen LogP contribution in [0.2, 0.25) is 0 Å². The molecule has 1 N–H and O–H groups in total. The first-order valence-corrected chi connectivity index (χ1v) is 9.40. The summed E-state index contributed by atoms with van der Waals surface area (Å²) < 4.78 is 36.9. The van der Waals surface area contributed by atoms with Crippen molar-refractivity contribution >= 4 is 33.8 Å². The normalized spacial score (nSPS) is 19.9. The van der Waals surface area contributed by atoms with Gasteiger partial charge in [0.2, 0.25) is 0 Å². The zero-order chi connectivity index (χ0) is 18.0. The Kier molecular flexibility index (Phi) is 4.77. The summed E-state index contributed by atoms with van der Waals surface area (Å²) in [5, 5.41) is 2.58. The Morgan fingerprint density at radius 3 is 2.96 bits per heavy atom. The predicted octanol–water partition coefficient (Wildman–Crippen LogP) is 0.494. The highest BCUT2D eigenvalue weighted by molar-refractivity contribution is 7.85. The molecule has 3 heterocycles. The van der Waals surface area contributed by atoms with E-state index in [0.29, 0.717) is 24.4 Å². The van der Waals surface area contributed by atoms with Crippen molar-refractivity contribution in [1.82, 2.24) is 4.98 Å². The van der Waals surface area contributed by atoms with E-state index >= 15 is 0 Å². The lowest BCUT2D eigenvalue weighted by Crippen LogP contribution is -2.29. The van der Waals surface area contributed by atoms with Crippen LogP contribution < -0.4 is 15.0 Å². The molecule has 1 aromatic heterocycles. The van der Waals surface area contributed by atoms with Crippen molar-refractivity contribution in [3.63, 3.8) is 0 Å². The quantitative estimate of drug-likeness (QED) is 0.566. The molecule has 1 aromatic rings. The molecule has 2 amide bonds. The third-order valence-corrected chi connectivity index (χ3v) is 4.17. The lowest BCUT2D eigenvalue weighted by molar-refractivity contribution is -0.118. The van der Waals surface area contributed by atoms with Crippen LogP contribution in [-0.4, -0.2) is 57.5 Å². The molecule has 2 aliphatic rings. The zero-order valence-corrected chi connectivity index (χ0v) is 14.2. The van der Waals surface area contributed by atoms with Crippen LogP contribution >= 0.6 is 0 Å². The molecule has 2 aliphatic heterocycles. The fourth-order valence-electron chi connectivity index (χ4n) is 2.48. The molecule has 10 nitrogen and oxygen atoms in total. The second-order valence-corrected chi connectivity index (χ2v) is 7.28. The number of pyridine rings is 1. The number of anilines is 2. The van der Waals surface area contributed by atoms with Crippen LogP contribution in [-0.2, 0) is 23.8 Å². The average Bonchev–Trinajstić information content (AvgIpc) is 2.91. The summed E-state index contributed by atoms with van der Waals surface area (Å²) in [4.78, 5) is 29.0. The van der Waals surface area contributed by atoms with E-state index in [1.54, 1.807) is 12.1 Å². The molecule has 3 rings (SSSR count). The van der Waals surface area contributed by atoms with Gasteiger partial charge in [0.25, 0.3) is 16.0 Å². The number of cyclic esters (lactones) is 1. The first-order chi connectivity index (χ1) is 11.8. The highest BCUT2D eigenvalue weighted by Crippen LogP contribution is 2.30. The number of carbonyl (C=O) groups is 2. The van der Waals surface area contributed by atoms with Crippen LogP contribution in [0.4, 0.5) is 16.4 Å². The summed E-state index contributed by atoms with van der Waals surface area (Å²) in [6.45, 7) is 0.239. The standard InChI is InChI=1S/C14H17N3O7S/c1-25(20,21)23-6-2-3-9-7-17(14(19)24-9)11-5-4-10-13(15-11)16-12(18)8-22-10/h4-5,9H,2-3,6-8H2,1H3,(H,15,16,18). The van der Waals surface area contributed by atoms with Gasteiger partial charge in [-0.3, -0.25) is 13.9 Å². The minimum atomic E-state index is -3.47. The Morgan fingerprint density at radius 2 is 2.20 bits per heavy atom. The molecule has 0 spiro atoms. The van der Waals surface area contributed by atoms with Crippen molar-refractivity contribution < 1.29 is 31.7 Å². The molecule has 1 saturated heterocycles. The van der Waals surface area contributed by atoms with E-state index < -0.39 is 16.2 Å². The van der Waals surface area contributed by atoms with E-state index in [4.69, 9.17) is 9.47 Å². The number of rotatable bonds is 6. The molecule has 0 aliphatic carbocycles. The molecule has 25 heavy (non-hydrogen) atoms. The Balaban J connectivity index is 1.59. The van der Waals surface area contributed by atoms with Gasteiger partial charge in [-0.05, 0) is 25.0 Å². The van der Waals surface area contributed by atoms with Crippen LogP contribution in [0.5, 0.6) is 5.75 Å². The zero-order valence-electron chi connectivity index (χ0n) is 13.4. The molecule has 1 unspecified atom stereocenters. The van der Waals surface area contributed by atoms with Gasteiger partial charge in [-0.15, -0.1) is 0 Å². The summed E-state index contributed by atoms with van der Waals surface area (Å²) in [6, 6.07) is 3.23. The Hall–Kier alpha value is -2.40. The molecule has 1 atom stereocenters. The van der Waals surface area contributed by atoms with E-state index in [2.05, 4.69) is 14.5 Å². The number of carbonyl (C=O) groups excluding carboxylic acids is 2. The van der Waals surface area contributed by atoms with Gasteiger partial charge in [0.1, 0.15) is 11.9 Å². The largest absolute Gasteiger partial charge is 0.480 e. The van der Waals surface area contributed by atoms with Gasteiger partial charge >= 0.3 is 6.09 Å². The number of nitrogens with zero attached hydrogens (tertiary/aromatic N) is 2. The van der Waals surface area contributed by atoms with Crippen LogP contribution in [0.25, 0.3) is 0 Å². The summed E-state index contributed by atoms with van der Waals surface area (Å²) >= 11 is 0. The number of aromatic nitrogens is 1. The van der Waals surface area contributed by atoms with Crippen LogP contribution in [0.3, 0.4) is 0 Å². The van der Waals surface area contributed by atoms with Crippen molar-refractivity contribution in [3.05, 3.63) is 12.1 Å². The number of ether oxygens (including phenoxy) is 2. The summed E-state index contributed by atoms with van der Waals surface area (Å²) in [5.41, 5.74) is 0. The molecule has 0 bridgehead atoms. The molecule has 1 fully saturated rings. The van der Waals surface area contributed by atoms with Crippen molar-refractivity contribution in [2.24, 2.45) is 0 Å². The molecule has 136 valence electrons. The fourth-order valence-corrected chi connectivity index (χ4v) is 2.90. The first-order valence-electron chi connectivity index (χ1n) is 7.58. The number of amides is 2. The Bertz CT molecular complexity index is 796. The number of fused-ring (bicyclic) bond motifs is 1. The maximum atomic E-state index is 12.0. The maximum Gasteiger partial charge on any atom is 0.415 e. The highest BCUT2D eigenvalue weighted by Gasteiger charge is 2.33. The topological polar surface area (TPSA) is 124 Å². The maximum absolute atomic E-state index is 12.0. The predicted molar refractivity (Wildman–Crippen MR) is 86.0 cm³/mol. The molecular weight excluding hydrogens is 354 g/mol. The third-order valence-electron chi connectivity index (χ3n) is 3.58. The molecule has 0 radical (unpaired) electrons. The SMILES string of the molecule is CS(=O)(=O)OCCCC1CN(c2ccc3c(n2)NC(=O)CO3)C(=O)O1. The van der Waals surface area contributed by atoms with E-state index in [1.165, 1.54) is 4.90 Å². The van der Waals surface area contributed by atoms with Crippen molar-refractivity contribution in [1.29, 1.82) is 0 Å². The van der Waals surface area contributed by atoms with E-state index in [0.717, 1.165) is 6.26 Å². The third kappa shape index (κ3) is 4.37. The van der Waals surface area contributed by atoms with Gasteiger partial charge in [-0.25, -0.2) is 9.78 Å². The second kappa shape index (κ2) is 6.84. The first kappa shape index (κ1) is 17.4. The van der Waals surface area contributed by atoms with E-state index in [-0.39, 0.29) is 37.6 Å². The van der Waals surface area contributed by atoms with Crippen LogP contribution in [0, 0.1) is 0 Å². The van der Waals surface area contributed by atoms with Crippen LogP contribution in [0.1, 0.15) is 12.8 Å². The molecule has 0 aromatic carbocycles.